The summed E-state index contributed by atoms with van der Waals surface area (Å²) in [5.74, 6) is -1.97. The van der Waals surface area contributed by atoms with Gasteiger partial charge in [-0.3, -0.25) is 4.79 Å². The topological polar surface area (TPSA) is 86.1 Å². The molecule has 1 heterocycles. The van der Waals surface area contributed by atoms with Gasteiger partial charge >= 0.3 is 5.97 Å². The second-order valence-corrected chi connectivity index (χ2v) is 5.00. The molecule has 0 atom stereocenters. The zero-order valence-corrected chi connectivity index (χ0v) is 13.1. The van der Waals surface area contributed by atoms with Crippen LogP contribution in [0.5, 0.6) is 0 Å². The van der Waals surface area contributed by atoms with Gasteiger partial charge in [0.25, 0.3) is 5.91 Å². The summed E-state index contributed by atoms with van der Waals surface area (Å²) in [4.78, 5) is 25.0. The molecule has 0 saturated carbocycles. The van der Waals surface area contributed by atoms with Gasteiger partial charge in [-0.2, -0.15) is 9.90 Å². The van der Waals surface area contributed by atoms with Crippen molar-refractivity contribution in [3.05, 3.63) is 71.8 Å². The molecule has 0 aliphatic heterocycles. The summed E-state index contributed by atoms with van der Waals surface area (Å²) in [6.45, 7) is 0. The number of carbonyl (C=O) groups is 2. The second kappa shape index (κ2) is 6.91. The van der Waals surface area contributed by atoms with Crippen molar-refractivity contribution in [1.29, 1.82) is 0 Å². The maximum absolute atomic E-state index is 13.9. The molecular weight excluding hydrogens is 327 g/mol. The number of aromatic nitrogens is 3. The number of rotatable bonds is 4. The van der Waals surface area contributed by atoms with Crippen molar-refractivity contribution in [1.82, 2.24) is 15.0 Å². The molecule has 3 aromatic rings. The van der Waals surface area contributed by atoms with Gasteiger partial charge in [0.05, 0.1) is 30.2 Å². The number of carbonyl (C=O) groups excluding carboxylic acids is 2. The molecular formula is C17H13FN4O3. The van der Waals surface area contributed by atoms with Crippen molar-refractivity contribution in [3.63, 3.8) is 0 Å². The third kappa shape index (κ3) is 3.52. The Bertz CT molecular complexity index is 925. The Morgan fingerprint density at radius 2 is 1.92 bits per heavy atom. The fraction of sp³-hybridized carbons (Fsp3) is 0.0588. The second-order valence-electron chi connectivity index (χ2n) is 5.00. The number of hydrogen-bond donors (Lipinski definition) is 1. The maximum Gasteiger partial charge on any atom is 0.337 e. The van der Waals surface area contributed by atoms with E-state index in [-0.39, 0.29) is 16.9 Å². The number of nitrogens with one attached hydrogen (secondary N) is 1. The summed E-state index contributed by atoms with van der Waals surface area (Å²) >= 11 is 0. The van der Waals surface area contributed by atoms with Crippen LogP contribution in [0.2, 0.25) is 0 Å². The molecule has 0 bridgehead atoms. The first kappa shape index (κ1) is 16.3. The zero-order chi connectivity index (χ0) is 17.8. The van der Waals surface area contributed by atoms with Gasteiger partial charge in [-0.15, -0.1) is 5.10 Å². The number of hydrogen-bond acceptors (Lipinski definition) is 5. The van der Waals surface area contributed by atoms with Crippen LogP contribution in [0.1, 0.15) is 20.8 Å². The van der Waals surface area contributed by atoms with Crippen molar-refractivity contribution < 1.29 is 18.7 Å². The van der Waals surface area contributed by atoms with Gasteiger partial charge in [-0.05, 0) is 30.3 Å². The summed E-state index contributed by atoms with van der Waals surface area (Å²) in [5, 5.41) is 10.4. The largest absolute Gasteiger partial charge is 0.465 e. The monoisotopic (exact) mass is 340 g/mol. The molecule has 0 aliphatic carbocycles. The number of nitrogens with zero attached hydrogens (tertiary/aromatic N) is 3. The standard InChI is InChI=1S/C17H13FN4O3/c1-25-17(24)11-7-8-13(18)14(9-11)20-16(23)15-10-19-22(21-15)12-5-3-2-4-6-12/h2-10H,1H3,(H,20,23). The quantitative estimate of drug-likeness (QED) is 0.737. The smallest absolute Gasteiger partial charge is 0.337 e. The molecule has 25 heavy (non-hydrogen) atoms. The third-order valence-corrected chi connectivity index (χ3v) is 3.35. The van der Waals surface area contributed by atoms with Crippen LogP contribution in [-0.4, -0.2) is 34.0 Å². The predicted molar refractivity (Wildman–Crippen MR) is 87.1 cm³/mol. The fourth-order valence-corrected chi connectivity index (χ4v) is 2.11. The number of benzene rings is 2. The van der Waals surface area contributed by atoms with Crippen LogP contribution in [0.3, 0.4) is 0 Å². The molecule has 2 aromatic carbocycles. The summed E-state index contributed by atoms with van der Waals surface area (Å²) in [6, 6.07) is 12.6. The first-order valence-electron chi connectivity index (χ1n) is 7.25. The molecule has 1 amide bonds. The predicted octanol–water partition coefficient (Wildman–Crippen LogP) is 2.45. The third-order valence-electron chi connectivity index (χ3n) is 3.35. The van der Waals surface area contributed by atoms with Crippen molar-refractivity contribution in [2.24, 2.45) is 0 Å². The number of esters is 1. The van der Waals surface area contributed by atoms with Crippen molar-refractivity contribution >= 4 is 17.6 Å². The lowest BCUT2D eigenvalue weighted by atomic mass is 10.2. The van der Waals surface area contributed by atoms with E-state index in [1.165, 1.54) is 30.2 Å². The molecule has 8 heteroatoms. The van der Waals surface area contributed by atoms with Gasteiger partial charge in [0.2, 0.25) is 0 Å². The molecule has 1 N–H and O–H groups in total. The van der Waals surface area contributed by atoms with Crippen LogP contribution in [0, 0.1) is 5.82 Å². The zero-order valence-electron chi connectivity index (χ0n) is 13.1. The highest BCUT2D eigenvalue weighted by molar-refractivity contribution is 6.03. The van der Waals surface area contributed by atoms with E-state index in [1.807, 2.05) is 18.2 Å². The molecule has 1 aromatic heterocycles. The number of para-hydroxylation sites is 1. The van der Waals surface area contributed by atoms with Gasteiger partial charge < -0.3 is 10.1 Å². The van der Waals surface area contributed by atoms with E-state index in [1.54, 1.807) is 12.1 Å². The highest BCUT2D eigenvalue weighted by Crippen LogP contribution is 2.17. The lowest BCUT2D eigenvalue weighted by Gasteiger charge is -2.06. The van der Waals surface area contributed by atoms with Crippen LogP contribution in [0.25, 0.3) is 5.69 Å². The number of anilines is 1. The first-order chi connectivity index (χ1) is 12.1. The van der Waals surface area contributed by atoms with Crippen molar-refractivity contribution in [2.75, 3.05) is 12.4 Å². The number of amides is 1. The Labute approximate surface area is 142 Å². The van der Waals surface area contributed by atoms with E-state index in [0.29, 0.717) is 5.69 Å². The van der Waals surface area contributed by atoms with Gasteiger partial charge in [0.1, 0.15) is 5.82 Å². The molecule has 0 spiro atoms. The molecule has 3 rings (SSSR count). The fourth-order valence-electron chi connectivity index (χ4n) is 2.11. The SMILES string of the molecule is COC(=O)c1ccc(F)c(NC(=O)c2cnn(-c3ccccc3)n2)c1. The number of halogens is 1. The Kier molecular flexibility index (Phi) is 4.51. The minimum Gasteiger partial charge on any atom is -0.465 e. The Morgan fingerprint density at radius 3 is 2.64 bits per heavy atom. The lowest BCUT2D eigenvalue weighted by Crippen LogP contribution is -2.15. The molecule has 0 aliphatic rings. The lowest BCUT2D eigenvalue weighted by molar-refractivity contribution is 0.0600. The molecule has 7 nitrogen and oxygen atoms in total. The molecule has 126 valence electrons. The first-order valence-corrected chi connectivity index (χ1v) is 7.25. The van der Waals surface area contributed by atoms with E-state index < -0.39 is 17.7 Å². The van der Waals surface area contributed by atoms with Gasteiger partial charge in [0.15, 0.2) is 5.69 Å². The molecule has 0 unspecified atom stereocenters. The summed E-state index contributed by atoms with van der Waals surface area (Å²) in [5.41, 5.74) is 0.654. The Hall–Kier alpha value is -3.55. The van der Waals surface area contributed by atoms with Crippen LogP contribution in [-0.2, 0) is 4.74 Å². The average Bonchev–Trinajstić information content (AvgIpc) is 3.14. The molecule has 0 saturated heterocycles. The van der Waals surface area contributed by atoms with E-state index in [4.69, 9.17) is 0 Å². The summed E-state index contributed by atoms with van der Waals surface area (Å²) in [7, 11) is 1.21. The highest BCUT2D eigenvalue weighted by Gasteiger charge is 2.16. The van der Waals surface area contributed by atoms with E-state index >= 15 is 0 Å². The molecule has 0 fully saturated rings. The van der Waals surface area contributed by atoms with Crippen LogP contribution in [0.4, 0.5) is 10.1 Å². The van der Waals surface area contributed by atoms with Crippen LogP contribution < -0.4 is 5.32 Å². The number of methoxy groups -OCH3 is 1. The maximum atomic E-state index is 13.9. The Balaban J connectivity index is 1.81. The van der Waals surface area contributed by atoms with Gasteiger partial charge in [-0.25, -0.2) is 9.18 Å². The normalized spacial score (nSPS) is 10.3. The van der Waals surface area contributed by atoms with Crippen LogP contribution in [0.15, 0.2) is 54.7 Å². The number of ether oxygens (including phenoxy) is 1. The molecule has 0 radical (unpaired) electrons. The van der Waals surface area contributed by atoms with Crippen LogP contribution >= 0.6 is 0 Å². The minimum atomic E-state index is -0.684. The van der Waals surface area contributed by atoms with Gasteiger partial charge in [-0.1, -0.05) is 18.2 Å². The van der Waals surface area contributed by atoms with E-state index in [9.17, 15) is 14.0 Å². The van der Waals surface area contributed by atoms with E-state index in [2.05, 4.69) is 20.3 Å². The van der Waals surface area contributed by atoms with Crippen molar-refractivity contribution in [2.45, 2.75) is 0 Å². The minimum absolute atomic E-state index is 0.00623. The average molecular weight is 340 g/mol. The summed E-state index contributed by atoms with van der Waals surface area (Å²) in [6.07, 6.45) is 1.27. The highest BCUT2D eigenvalue weighted by atomic mass is 19.1. The van der Waals surface area contributed by atoms with Gasteiger partial charge in [0, 0.05) is 0 Å². The van der Waals surface area contributed by atoms with E-state index in [0.717, 1.165) is 6.07 Å². The Morgan fingerprint density at radius 1 is 1.16 bits per heavy atom. The van der Waals surface area contributed by atoms with Crippen molar-refractivity contribution in [3.8, 4) is 5.69 Å². The summed E-state index contributed by atoms with van der Waals surface area (Å²) < 4.78 is 18.4.